The monoisotopic (exact) mass is 168 g/mol. The smallest absolute Gasteiger partial charge is 0.309 e. The van der Waals surface area contributed by atoms with Crippen LogP contribution in [0.4, 0.5) is 0 Å². The van der Waals surface area contributed by atoms with Crippen LogP contribution in [0.25, 0.3) is 0 Å². The molecule has 2 aliphatic carbocycles. The maximum Gasteiger partial charge on any atom is 0.309 e. The zero-order valence-electron chi connectivity index (χ0n) is 7.55. The molecule has 0 aromatic rings. The molecule has 0 aromatic carbocycles. The average Bonchev–Trinajstić information content (AvgIpc) is 2.62. The molecule has 0 radical (unpaired) electrons. The van der Waals surface area contributed by atoms with E-state index in [1.807, 2.05) is 6.92 Å². The molecule has 2 aliphatic rings. The Morgan fingerprint density at radius 2 is 2.33 bits per heavy atom. The number of fused-ring (bicyclic) bond motifs is 2. The van der Waals surface area contributed by atoms with Gasteiger partial charge in [-0.25, -0.2) is 0 Å². The fraction of sp³-hybridized carbons (Fsp3) is 0.900. The Balaban J connectivity index is 2.25. The number of aliphatic carboxylic acids is 1. The van der Waals surface area contributed by atoms with Gasteiger partial charge in [0.1, 0.15) is 0 Å². The van der Waals surface area contributed by atoms with E-state index in [-0.39, 0.29) is 5.41 Å². The van der Waals surface area contributed by atoms with Crippen LogP contribution >= 0.6 is 0 Å². The highest BCUT2D eigenvalue weighted by atomic mass is 16.4. The molecule has 2 bridgehead atoms. The fourth-order valence-corrected chi connectivity index (χ4v) is 3.29. The minimum absolute atomic E-state index is 0.330. The topological polar surface area (TPSA) is 37.3 Å². The zero-order valence-corrected chi connectivity index (χ0v) is 7.55. The van der Waals surface area contributed by atoms with Gasteiger partial charge < -0.3 is 5.11 Å². The highest BCUT2D eigenvalue weighted by Gasteiger charge is 2.54. The molecule has 0 heterocycles. The van der Waals surface area contributed by atoms with Crippen molar-refractivity contribution >= 4 is 5.97 Å². The van der Waals surface area contributed by atoms with Crippen molar-refractivity contribution in [2.75, 3.05) is 0 Å². The number of carbonyl (C=O) groups is 1. The second-order valence-electron chi connectivity index (χ2n) is 4.39. The van der Waals surface area contributed by atoms with Crippen molar-refractivity contribution < 1.29 is 9.90 Å². The van der Waals surface area contributed by atoms with Crippen molar-refractivity contribution in [2.24, 2.45) is 17.3 Å². The lowest BCUT2D eigenvalue weighted by Crippen LogP contribution is -2.35. The molecule has 68 valence electrons. The fourth-order valence-electron chi connectivity index (χ4n) is 3.29. The first-order valence-corrected chi connectivity index (χ1v) is 4.92. The average molecular weight is 168 g/mol. The Hall–Kier alpha value is -0.530. The molecule has 12 heavy (non-hydrogen) atoms. The summed E-state index contributed by atoms with van der Waals surface area (Å²) >= 11 is 0. The summed E-state index contributed by atoms with van der Waals surface area (Å²) in [5.74, 6) is 0.674. The number of rotatable bonds is 2. The van der Waals surface area contributed by atoms with Gasteiger partial charge in [-0.1, -0.05) is 13.3 Å². The van der Waals surface area contributed by atoms with E-state index in [4.69, 9.17) is 0 Å². The minimum Gasteiger partial charge on any atom is -0.481 e. The largest absolute Gasteiger partial charge is 0.481 e. The van der Waals surface area contributed by atoms with Crippen LogP contribution < -0.4 is 0 Å². The van der Waals surface area contributed by atoms with Crippen LogP contribution in [-0.4, -0.2) is 11.1 Å². The van der Waals surface area contributed by atoms with E-state index in [1.165, 1.54) is 12.8 Å². The summed E-state index contributed by atoms with van der Waals surface area (Å²) in [6.07, 6.45) is 5.39. The van der Waals surface area contributed by atoms with Gasteiger partial charge in [-0.15, -0.1) is 0 Å². The standard InChI is InChI=1S/C10H16O2/c1-2-10(9(11)12)6-7-3-4-8(10)5-7/h7-8H,2-6H2,1H3,(H,11,12)/t7-,8-,10-/m0/s1. The molecule has 2 fully saturated rings. The van der Waals surface area contributed by atoms with Gasteiger partial charge in [-0.05, 0) is 37.5 Å². The molecule has 3 atom stereocenters. The van der Waals surface area contributed by atoms with Crippen molar-refractivity contribution in [3.63, 3.8) is 0 Å². The van der Waals surface area contributed by atoms with Crippen molar-refractivity contribution in [1.29, 1.82) is 0 Å². The van der Waals surface area contributed by atoms with Crippen molar-refractivity contribution in [3.05, 3.63) is 0 Å². The summed E-state index contributed by atoms with van der Waals surface area (Å²) in [5.41, 5.74) is -0.330. The van der Waals surface area contributed by atoms with Gasteiger partial charge in [-0.3, -0.25) is 4.79 Å². The van der Waals surface area contributed by atoms with Crippen LogP contribution in [0.5, 0.6) is 0 Å². The van der Waals surface area contributed by atoms with E-state index in [0.29, 0.717) is 5.92 Å². The van der Waals surface area contributed by atoms with E-state index in [9.17, 15) is 9.90 Å². The third-order valence-corrected chi connectivity index (χ3v) is 4.03. The molecule has 0 saturated heterocycles. The number of hydrogen-bond donors (Lipinski definition) is 1. The van der Waals surface area contributed by atoms with Gasteiger partial charge in [0, 0.05) is 0 Å². The van der Waals surface area contributed by atoms with Gasteiger partial charge in [0.15, 0.2) is 0 Å². The van der Waals surface area contributed by atoms with Crippen LogP contribution in [0, 0.1) is 17.3 Å². The Kier molecular flexibility index (Phi) is 1.67. The molecular weight excluding hydrogens is 152 g/mol. The van der Waals surface area contributed by atoms with Gasteiger partial charge in [0.25, 0.3) is 0 Å². The summed E-state index contributed by atoms with van der Waals surface area (Å²) < 4.78 is 0. The number of carboxylic acids is 1. The molecular formula is C10H16O2. The molecule has 2 heteroatoms. The van der Waals surface area contributed by atoms with Crippen LogP contribution in [0.3, 0.4) is 0 Å². The van der Waals surface area contributed by atoms with Crippen molar-refractivity contribution in [2.45, 2.75) is 39.0 Å². The Labute approximate surface area is 73.0 Å². The van der Waals surface area contributed by atoms with Gasteiger partial charge in [0.05, 0.1) is 5.41 Å². The van der Waals surface area contributed by atoms with Crippen LogP contribution in [0.2, 0.25) is 0 Å². The molecule has 2 nitrogen and oxygen atoms in total. The first-order valence-electron chi connectivity index (χ1n) is 4.92. The van der Waals surface area contributed by atoms with Crippen molar-refractivity contribution in [1.82, 2.24) is 0 Å². The molecule has 0 amide bonds. The Morgan fingerprint density at radius 3 is 2.58 bits per heavy atom. The maximum absolute atomic E-state index is 11.1. The predicted octanol–water partition coefficient (Wildman–Crippen LogP) is 2.29. The first-order chi connectivity index (χ1) is 5.69. The quantitative estimate of drug-likeness (QED) is 0.686. The Bertz CT molecular complexity index is 212. The minimum atomic E-state index is -0.544. The van der Waals surface area contributed by atoms with E-state index >= 15 is 0 Å². The number of hydrogen-bond acceptors (Lipinski definition) is 1. The van der Waals surface area contributed by atoms with Gasteiger partial charge >= 0.3 is 5.97 Å². The predicted molar refractivity (Wildman–Crippen MR) is 45.8 cm³/mol. The van der Waals surface area contributed by atoms with Gasteiger partial charge in [0.2, 0.25) is 0 Å². The molecule has 2 rings (SSSR count). The normalized spacial score (nSPS) is 45.1. The summed E-state index contributed by atoms with van der Waals surface area (Å²) in [6.45, 7) is 2.02. The lowest BCUT2D eigenvalue weighted by Gasteiger charge is -2.32. The molecule has 0 aromatic heterocycles. The molecule has 0 unspecified atom stereocenters. The third-order valence-electron chi connectivity index (χ3n) is 4.03. The van der Waals surface area contributed by atoms with E-state index < -0.39 is 5.97 Å². The highest BCUT2D eigenvalue weighted by Crippen LogP contribution is 2.57. The van der Waals surface area contributed by atoms with E-state index in [2.05, 4.69) is 0 Å². The SMILES string of the molecule is CC[C@]1(C(=O)O)C[C@H]2CC[C@H]1C2. The third kappa shape index (κ3) is 0.838. The summed E-state index contributed by atoms with van der Waals surface area (Å²) in [5, 5.41) is 9.19. The lowest BCUT2D eigenvalue weighted by atomic mass is 9.71. The number of carboxylic acid groups (broad SMARTS) is 1. The zero-order chi connectivity index (χ0) is 8.77. The van der Waals surface area contributed by atoms with Crippen LogP contribution in [0.1, 0.15) is 39.0 Å². The second kappa shape index (κ2) is 2.48. The van der Waals surface area contributed by atoms with Crippen LogP contribution in [-0.2, 0) is 4.79 Å². The summed E-state index contributed by atoms with van der Waals surface area (Å²) in [7, 11) is 0. The van der Waals surface area contributed by atoms with Crippen molar-refractivity contribution in [3.8, 4) is 0 Å². The summed E-state index contributed by atoms with van der Waals surface area (Å²) in [6, 6.07) is 0. The van der Waals surface area contributed by atoms with Gasteiger partial charge in [-0.2, -0.15) is 0 Å². The molecule has 2 saturated carbocycles. The van der Waals surface area contributed by atoms with E-state index in [1.54, 1.807) is 0 Å². The molecule has 0 spiro atoms. The Morgan fingerprint density at radius 1 is 1.58 bits per heavy atom. The second-order valence-corrected chi connectivity index (χ2v) is 4.39. The molecule has 1 N–H and O–H groups in total. The van der Waals surface area contributed by atoms with E-state index in [0.717, 1.165) is 25.2 Å². The molecule has 0 aliphatic heterocycles. The lowest BCUT2D eigenvalue weighted by molar-refractivity contribution is -0.152. The highest BCUT2D eigenvalue weighted by molar-refractivity contribution is 5.75. The summed E-state index contributed by atoms with van der Waals surface area (Å²) in [4.78, 5) is 11.1. The maximum atomic E-state index is 11.1. The van der Waals surface area contributed by atoms with Crippen LogP contribution in [0.15, 0.2) is 0 Å². The first kappa shape index (κ1) is 8.09.